The number of aromatic hydroxyl groups is 1. The van der Waals surface area contributed by atoms with Crippen LogP contribution in [0.3, 0.4) is 0 Å². The maximum absolute atomic E-state index is 9.39. The fraction of sp³-hybridized carbons (Fsp3) is 0.538. The summed E-state index contributed by atoms with van der Waals surface area (Å²) < 4.78 is 5.51. The molecule has 0 radical (unpaired) electrons. The first-order valence-electron chi connectivity index (χ1n) is 5.58. The van der Waals surface area contributed by atoms with Gasteiger partial charge in [-0.1, -0.05) is 20.8 Å². The van der Waals surface area contributed by atoms with Crippen molar-refractivity contribution in [3.8, 4) is 11.5 Å². The molecule has 0 aliphatic heterocycles. The molecule has 0 heterocycles. The Morgan fingerprint density at radius 1 is 1.13 bits per heavy atom. The van der Waals surface area contributed by atoms with E-state index < -0.39 is 0 Å². The summed E-state index contributed by atoms with van der Waals surface area (Å²) in [5.41, 5.74) is 1.84. The van der Waals surface area contributed by atoms with Crippen LogP contribution in [0, 0.1) is 13.8 Å². The Balaban J connectivity index is 0.000000921. The molecule has 0 fully saturated rings. The number of aryl methyl sites for hydroxylation is 2. The molecular weight excluding hydrogens is 188 g/mol. The molecule has 1 N–H and O–H groups in total. The molecule has 0 aliphatic carbocycles. The topological polar surface area (TPSA) is 29.5 Å². The van der Waals surface area contributed by atoms with Gasteiger partial charge in [0.1, 0.15) is 11.5 Å². The van der Waals surface area contributed by atoms with Crippen LogP contribution in [0.25, 0.3) is 0 Å². The lowest BCUT2D eigenvalue weighted by Crippen LogP contribution is -1.97. The van der Waals surface area contributed by atoms with Crippen LogP contribution in [-0.4, -0.2) is 11.7 Å². The maximum Gasteiger partial charge on any atom is 0.122 e. The number of phenols is 1. The van der Waals surface area contributed by atoms with Gasteiger partial charge in [-0.15, -0.1) is 0 Å². The van der Waals surface area contributed by atoms with E-state index in [1.165, 1.54) is 0 Å². The molecule has 1 aromatic carbocycles. The van der Waals surface area contributed by atoms with Gasteiger partial charge in [-0.2, -0.15) is 0 Å². The predicted molar refractivity (Wildman–Crippen MR) is 64.7 cm³/mol. The Bertz CT molecular complexity index is 293. The van der Waals surface area contributed by atoms with Crippen molar-refractivity contribution in [1.29, 1.82) is 0 Å². The van der Waals surface area contributed by atoms with E-state index in [1.54, 1.807) is 6.07 Å². The van der Waals surface area contributed by atoms with Crippen LogP contribution in [0.15, 0.2) is 12.1 Å². The molecule has 0 bridgehead atoms. The van der Waals surface area contributed by atoms with Gasteiger partial charge in [-0.05, 0) is 43.5 Å². The summed E-state index contributed by atoms with van der Waals surface area (Å²) in [6.45, 7) is 10.6. The lowest BCUT2D eigenvalue weighted by atomic mass is 10.1. The Morgan fingerprint density at radius 2 is 1.73 bits per heavy atom. The second-order valence-corrected chi connectivity index (χ2v) is 3.25. The summed E-state index contributed by atoms with van der Waals surface area (Å²) in [5, 5.41) is 9.39. The van der Waals surface area contributed by atoms with Crippen molar-refractivity contribution in [2.75, 3.05) is 6.61 Å². The predicted octanol–water partition coefficient (Wildman–Crippen LogP) is 3.82. The van der Waals surface area contributed by atoms with E-state index in [0.29, 0.717) is 5.75 Å². The summed E-state index contributed by atoms with van der Waals surface area (Å²) in [5.74, 6) is 1.21. The summed E-state index contributed by atoms with van der Waals surface area (Å²) >= 11 is 0. The minimum atomic E-state index is 0.335. The molecule has 0 aliphatic rings. The molecule has 0 atom stereocenters. The van der Waals surface area contributed by atoms with Gasteiger partial charge in [0.15, 0.2) is 0 Å². The summed E-state index contributed by atoms with van der Waals surface area (Å²) in [4.78, 5) is 0. The molecule has 0 spiro atoms. The van der Waals surface area contributed by atoms with Crippen LogP contribution in [-0.2, 0) is 0 Å². The third-order valence-corrected chi connectivity index (χ3v) is 1.96. The average molecular weight is 210 g/mol. The van der Waals surface area contributed by atoms with Gasteiger partial charge in [-0.3, -0.25) is 0 Å². The molecule has 2 nitrogen and oxygen atoms in total. The molecule has 1 rings (SSSR count). The minimum absolute atomic E-state index is 0.335. The maximum atomic E-state index is 9.39. The van der Waals surface area contributed by atoms with Crippen molar-refractivity contribution >= 4 is 0 Å². The van der Waals surface area contributed by atoms with Crippen molar-refractivity contribution < 1.29 is 9.84 Å². The van der Waals surface area contributed by atoms with E-state index in [2.05, 4.69) is 6.92 Å². The van der Waals surface area contributed by atoms with Crippen molar-refractivity contribution in [1.82, 2.24) is 0 Å². The van der Waals surface area contributed by atoms with Crippen LogP contribution in [0.4, 0.5) is 0 Å². The fourth-order valence-electron chi connectivity index (χ4n) is 1.14. The van der Waals surface area contributed by atoms with Crippen molar-refractivity contribution in [3.05, 3.63) is 23.3 Å². The van der Waals surface area contributed by atoms with Gasteiger partial charge in [0.05, 0.1) is 6.61 Å². The highest BCUT2D eigenvalue weighted by molar-refractivity contribution is 5.44. The van der Waals surface area contributed by atoms with E-state index in [9.17, 15) is 5.11 Å². The zero-order valence-electron chi connectivity index (χ0n) is 10.4. The summed E-state index contributed by atoms with van der Waals surface area (Å²) in [6, 6.07) is 3.61. The summed E-state index contributed by atoms with van der Waals surface area (Å²) in [7, 11) is 0. The SMILES string of the molecule is CC.CCCOc1cc(C)c(O)cc1C. The number of hydrogen-bond acceptors (Lipinski definition) is 2. The first-order valence-corrected chi connectivity index (χ1v) is 5.58. The lowest BCUT2D eigenvalue weighted by molar-refractivity contribution is 0.314. The van der Waals surface area contributed by atoms with E-state index in [4.69, 9.17) is 4.74 Å². The van der Waals surface area contributed by atoms with E-state index >= 15 is 0 Å². The largest absolute Gasteiger partial charge is 0.508 e. The van der Waals surface area contributed by atoms with E-state index in [0.717, 1.165) is 29.9 Å². The monoisotopic (exact) mass is 210 g/mol. The fourth-order valence-corrected chi connectivity index (χ4v) is 1.14. The third kappa shape index (κ3) is 4.24. The molecule has 0 amide bonds. The van der Waals surface area contributed by atoms with Crippen molar-refractivity contribution in [2.45, 2.75) is 41.0 Å². The van der Waals surface area contributed by atoms with Crippen molar-refractivity contribution in [3.63, 3.8) is 0 Å². The van der Waals surface area contributed by atoms with Gasteiger partial charge < -0.3 is 9.84 Å². The molecule has 0 saturated carbocycles. The molecule has 2 heteroatoms. The summed E-state index contributed by atoms with van der Waals surface area (Å²) in [6.07, 6.45) is 0.999. The van der Waals surface area contributed by atoms with E-state index in [-0.39, 0.29) is 0 Å². The second-order valence-electron chi connectivity index (χ2n) is 3.25. The number of ether oxygens (including phenoxy) is 1. The third-order valence-electron chi connectivity index (χ3n) is 1.96. The van der Waals surface area contributed by atoms with Crippen LogP contribution >= 0.6 is 0 Å². The Hall–Kier alpha value is -1.18. The number of benzene rings is 1. The molecule has 0 aromatic heterocycles. The normalized spacial score (nSPS) is 9.13. The molecule has 1 aromatic rings. The van der Waals surface area contributed by atoms with Gasteiger partial charge >= 0.3 is 0 Å². The van der Waals surface area contributed by atoms with Gasteiger partial charge in [-0.25, -0.2) is 0 Å². The molecule has 0 saturated heterocycles. The first kappa shape index (κ1) is 13.8. The van der Waals surface area contributed by atoms with E-state index in [1.807, 2.05) is 33.8 Å². The quantitative estimate of drug-likeness (QED) is 0.821. The van der Waals surface area contributed by atoms with Crippen molar-refractivity contribution in [2.24, 2.45) is 0 Å². The standard InChI is InChI=1S/C11H16O2.C2H6/c1-4-5-13-11-7-8(2)10(12)6-9(11)3;1-2/h6-7,12H,4-5H2,1-3H3;1-2H3. The molecule has 15 heavy (non-hydrogen) atoms. The minimum Gasteiger partial charge on any atom is -0.508 e. The zero-order chi connectivity index (χ0) is 11.8. The lowest BCUT2D eigenvalue weighted by Gasteiger charge is -2.09. The van der Waals surface area contributed by atoms with Gasteiger partial charge in [0.2, 0.25) is 0 Å². The highest BCUT2D eigenvalue weighted by Gasteiger charge is 2.03. The highest BCUT2D eigenvalue weighted by Crippen LogP contribution is 2.26. The number of rotatable bonds is 3. The van der Waals surface area contributed by atoms with Crippen LogP contribution in [0.5, 0.6) is 11.5 Å². The number of phenolic OH excluding ortho intramolecular Hbond substituents is 1. The van der Waals surface area contributed by atoms with Crippen LogP contribution in [0.2, 0.25) is 0 Å². The highest BCUT2D eigenvalue weighted by atomic mass is 16.5. The van der Waals surface area contributed by atoms with Crippen LogP contribution in [0.1, 0.15) is 38.3 Å². The first-order chi connectivity index (χ1) is 7.15. The Morgan fingerprint density at radius 3 is 2.27 bits per heavy atom. The second kappa shape index (κ2) is 7.16. The molecule has 0 unspecified atom stereocenters. The smallest absolute Gasteiger partial charge is 0.122 e. The number of hydrogen-bond donors (Lipinski definition) is 1. The molecule has 86 valence electrons. The Kier molecular flexibility index (Phi) is 6.59. The average Bonchev–Trinajstić information content (AvgIpc) is 2.24. The van der Waals surface area contributed by atoms with Gasteiger partial charge in [0.25, 0.3) is 0 Å². The van der Waals surface area contributed by atoms with Crippen LogP contribution < -0.4 is 4.74 Å². The Labute approximate surface area is 92.9 Å². The zero-order valence-corrected chi connectivity index (χ0v) is 10.4. The molecular formula is C13H22O2. The van der Waals surface area contributed by atoms with Gasteiger partial charge in [0, 0.05) is 0 Å².